The first-order valence-corrected chi connectivity index (χ1v) is 8.68. The summed E-state index contributed by atoms with van der Waals surface area (Å²) in [7, 11) is 0. The number of hydrogen-bond acceptors (Lipinski definition) is 0. The van der Waals surface area contributed by atoms with Gasteiger partial charge >= 0.3 is 0 Å². The van der Waals surface area contributed by atoms with Crippen LogP contribution in [0.25, 0.3) is 0 Å². The van der Waals surface area contributed by atoms with Gasteiger partial charge in [-0.05, 0) is 61.9 Å². The van der Waals surface area contributed by atoms with Gasteiger partial charge in [-0.1, -0.05) is 64.5 Å². The minimum absolute atomic E-state index is 0.770. The molecule has 0 aliphatic heterocycles. The predicted octanol–water partition coefficient (Wildman–Crippen LogP) is 6.70. The average molecular weight is 274 g/mol. The summed E-state index contributed by atoms with van der Waals surface area (Å²) in [6.07, 6.45) is 20.8. The summed E-state index contributed by atoms with van der Waals surface area (Å²) >= 11 is 0. The maximum absolute atomic E-state index is 2.49. The van der Waals surface area contributed by atoms with Gasteiger partial charge in [-0.3, -0.25) is 0 Å². The van der Waals surface area contributed by atoms with E-state index in [0.717, 1.165) is 24.2 Å². The van der Waals surface area contributed by atoms with Crippen molar-refractivity contribution in [1.82, 2.24) is 0 Å². The van der Waals surface area contributed by atoms with E-state index < -0.39 is 0 Å². The van der Waals surface area contributed by atoms with Crippen LogP contribution < -0.4 is 0 Å². The second kappa shape index (κ2) is 10.0. The normalized spacial score (nSPS) is 19.9. The van der Waals surface area contributed by atoms with Crippen LogP contribution in [0.3, 0.4) is 0 Å². The highest BCUT2D eigenvalue weighted by molar-refractivity contribution is 5.25. The van der Waals surface area contributed by atoms with Gasteiger partial charge in [0.2, 0.25) is 0 Å². The molecule has 0 aromatic carbocycles. The van der Waals surface area contributed by atoms with E-state index in [2.05, 4.69) is 58.1 Å². The fraction of sp³-hybridized carbons (Fsp3) is 0.700. The van der Waals surface area contributed by atoms with Crippen LogP contribution in [0.15, 0.2) is 36.0 Å². The molecule has 0 N–H and O–H groups in total. The lowest BCUT2D eigenvalue weighted by molar-refractivity contribution is 0.358. The highest BCUT2D eigenvalue weighted by Gasteiger charge is 2.18. The number of allylic oxidation sites excluding steroid dienone is 6. The van der Waals surface area contributed by atoms with Crippen molar-refractivity contribution >= 4 is 0 Å². The van der Waals surface area contributed by atoms with Crippen LogP contribution in [0.4, 0.5) is 0 Å². The summed E-state index contributed by atoms with van der Waals surface area (Å²) in [6, 6.07) is 0. The van der Waals surface area contributed by atoms with Crippen LogP contribution in [0.2, 0.25) is 0 Å². The molecule has 114 valence electrons. The van der Waals surface area contributed by atoms with Crippen LogP contribution in [0, 0.1) is 17.8 Å². The van der Waals surface area contributed by atoms with Gasteiger partial charge in [-0.2, -0.15) is 0 Å². The lowest BCUT2D eigenvalue weighted by atomic mass is 9.80. The summed E-state index contributed by atoms with van der Waals surface area (Å²) in [5.41, 5.74) is 1.61. The molecule has 0 aromatic rings. The molecule has 0 heterocycles. The lowest BCUT2D eigenvalue weighted by Crippen LogP contribution is -2.13. The van der Waals surface area contributed by atoms with Gasteiger partial charge in [0.15, 0.2) is 0 Å². The molecular formula is C20H34. The standard InChI is InChI=1S/C20H34/c1-5-7-9-12-18(4)16-20(15-17(3)6-2)19-13-10-8-11-14-19/h7,9-10,13-14,17-18,20H,5-6,8,11-12,15-16H2,1-4H3. The Bertz CT molecular complexity index is 332. The van der Waals surface area contributed by atoms with E-state index in [4.69, 9.17) is 0 Å². The molecule has 0 bridgehead atoms. The number of rotatable bonds is 9. The van der Waals surface area contributed by atoms with Crippen molar-refractivity contribution in [3.8, 4) is 0 Å². The molecule has 0 aromatic heterocycles. The van der Waals surface area contributed by atoms with Crippen molar-refractivity contribution in [2.45, 2.75) is 72.6 Å². The third-order valence-electron chi connectivity index (χ3n) is 4.51. The van der Waals surface area contributed by atoms with Gasteiger partial charge in [0.25, 0.3) is 0 Å². The average Bonchev–Trinajstić information content (AvgIpc) is 2.47. The quantitative estimate of drug-likeness (QED) is 0.410. The van der Waals surface area contributed by atoms with E-state index >= 15 is 0 Å². The Hall–Kier alpha value is -0.780. The first kappa shape index (κ1) is 17.3. The Labute approximate surface area is 127 Å². The minimum Gasteiger partial charge on any atom is -0.0888 e. The maximum Gasteiger partial charge on any atom is -0.0160 e. The van der Waals surface area contributed by atoms with E-state index in [0.29, 0.717) is 0 Å². The Kier molecular flexibility index (Phi) is 8.65. The molecule has 1 aliphatic rings. The molecule has 1 rings (SSSR count). The second-order valence-electron chi connectivity index (χ2n) is 6.59. The molecule has 0 amide bonds. The van der Waals surface area contributed by atoms with E-state index in [9.17, 15) is 0 Å². The fourth-order valence-electron chi connectivity index (χ4n) is 3.03. The minimum atomic E-state index is 0.770. The Balaban J connectivity index is 2.59. The SMILES string of the molecule is CCC=CCC(C)CC(CC(C)CC)C1=CCCC=C1. The van der Waals surface area contributed by atoms with Crippen molar-refractivity contribution in [1.29, 1.82) is 0 Å². The third-order valence-corrected chi connectivity index (χ3v) is 4.51. The van der Waals surface area contributed by atoms with E-state index in [-0.39, 0.29) is 0 Å². The van der Waals surface area contributed by atoms with Gasteiger partial charge in [0, 0.05) is 0 Å². The fourth-order valence-corrected chi connectivity index (χ4v) is 3.03. The third kappa shape index (κ3) is 6.59. The van der Waals surface area contributed by atoms with Crippen LogP contribution in [0.1, 0.15) is 72.6 Å². The molecule has 3 unspecified atom stereocenters. The van der Waals surface area contributed by atoms with Gasteiger partial charge in [-0.25, -0.2) is 0 Å². The smallest absolute Gasteiger partial charge is 0.0160 e. The predicted molar refractivity (Wildman–Crippen MR) is 91.8 cm³/mol. The van der Waals surface area contributed by atoms with Crippen molar-refractivity contribution in [2.24, 2.45) is 17.8 Å². The van der Waals surface area contributed by atoms with Crippen LogP contribution in [-0.2, 0) is 0 Å². The molecule has 0 radical (unpaired) electrons. The Morgan fingerprint density at radius 1 is 1.05 bits per heavy atom. The van der Waals surface area contributed by atoms with E-state index in [1.54, 1.807) is 5.57 Å². The Morgan fingerprint density at radius 3 is 2.40 bits per heavy atom. The zero-order valence-electron chi connectivity index (χ0n) is 14.1. The molecule has 0 saturated heterocycles. The summed E-state index contributed by atoms with van der Waals surface area (Å²) in [4.78, 5) is 0. The zero-order valence-corrected chi connectivity index (χ0v) is 14.1. The van der Waals surface area contributed by atoms with Gasteiger partial charge in [0.05, 0.1) is 0 Å². The summed E-state index contributed by atoms with van der Waals surface area (Å²) in [6.45, 7) is 9.35. The molecular weight excluding hydrogens is 240 g/mol. The summed E-state index contributed by atoms with van der Waals surface area (Å²) in [5, 5.41) is 0. The maximum atomic E-state index is 2.49. The molecule has 20 heavy (non-hydrogen) atoms. The van der Waals surface area contributed by atoms with E-state index in [1.165, 1.54) is 38.5 Å². The largest absolute Gasteiger partial charge is 0.0888 e. The molecule has 0 fully saturated rings. The van der Waals surface area contributed by atoms with Crippen molar-refractivity contribution in [3.63, 3.8) is 0 Å². The molecule has 0 heteroatoms. The van der Waals surface area contributed by atoms with Gasteiger partial charge < -0.3 is 0 Å². The van der Waals surface area contributed by atoms with Crippen LogP contribution in [0.5, 0.6) is 0 Å². The Morgan fingerprint density at radius 2 is 1.80 bits per heavy atom. The molecule has 0 saturated carbocycles. The van der Waals surface area contributed by atoms with Gasteiger partial charge in [-0.15, -0.1) is 0 Å². The number of hydrogen-bond donors (Lipinski definition) is 0. The van der Waals surface area contributed by atoms with Crippen LogP contribution in [-0.4, -0.2) is 0 Å². The zero-order chi connectivity index (χ0) is 14.8. The van der Waals surface area contributed by atoms with Crippen LogP contribution >= 0.6 is 0 Å². The van der Waals surface area contributed by atoms with Crippen molar-refractivity contribution in [2.75, 3.05) is 0 Å². The monoisotopic (exact) mass is 274 g/mol. The lowest BCUT2D eigenvalue weighted by Gasteiger charge is -2.25. The summed E-state index contributed by atoms with van der Waals surface area (Å²) < 4.78 is 0. The van der Waals surface area contributed by atoms with Crippen molar-refractivity contribution in [3.05, 3.63) is 36.0 Å². The first-order valence-electron chi connectivity index (χ1n) is 8.68. The second-order valence-corrected chi connectivity index (χ2v) is 6.59. The topological polar surface area (TPSA) is 0 Å². The molecule has 1 aliphatic carbocycles. The first-order chi connectivity index (χ1) is 9.67. The molecule has 3 atom stereocenters. The van der Waals surface area contributed by atoms with Gasteiger partial charge in [0.1, 0.15) is 0 Å². The highest BCUT2D eigenvalue weighted by Crippen LogP contribution is 2.32. The summed E-state index contributed by atoms with van der Waals surface area (Å²) in [5.74, 6) is 2.41. The van der Waals surface area contributed by atoms with E-state index in [1.807, 2.05) is 0 Å². The highest BCUT2D eigenvalue weighted by atomic mass is 14.2. The molecule has 0 nitrogen and oxygen atoms in total. The van der Waals surface area contributed by atoms with Crippen molar-refractivity contribution < 1.29 is 0 Å². The molecule has 0 spiro atoms.